The molecule has 0 aromatic rings. The SMILES string of the molecule is CCC[C@H]1C(=O)N[C@@H](CC(C)C)C(=O)N(CC)CC(=O)N(C)[C@H]2C/C=C\CCN(C2=O)[C@@H](CC2CCC(C)CC2)C(=O)N(C)CC(=O)N[C@@H](CCC2CC(F)C(C(F)(F)F)C(F)C2)C(=O)N2C[C@H](OCC)C[C@H]2C(=O)NC2(CCC2)C(=O)N(C)[C@@H](C2CCCC2)C(=O)N(C)[C@H](C(=O)N(C)C)CC(=O)N1C. The van der Waals surface area contributed by atoms with Crippen LogP contribution in [0.15, 0.2) is 12.2 Å². The summed E-state index contributed by atoms with van der Waals surface area (Å²) in [6.45, 7) is 9.68. The van der Waals surface area contributed by atoms with Crippen molar-refractivity contribution in [3.63, 3.8) is 0 Å². The third kappa shape index (κ3) is 21.0. The molecule has 2 saturated heterocycles. The van der Waals surface area contributed by atoms with Crippen molar-refractivity contribution in [1.29, 1.82) is 0 Å². The Morgan fingerprint density at radius 2 is 1.31 bits per heavy atom. The second-order valence-electron chi connectivity index (χ2n) is 31.7. The van der Waals surface area contributed by atoms with E-state index >= 15 is 37.5 Å². The van der Waals surface area contributed by atoms with Crippen LogP contribution in [-0.2, 0) is 62.3 Å². The first-order valence-electron chi connectivity index (χ1n) is 38.4. The Bertz CT molecular complexity index is 3100. The van der Waals surface area contributed by atoms with Crippen molar-refractivity contribution in [2.75, 3.05) is 88.7 Å². The Hall–Kier alpha value is -7.01. The van der Waals surface area contributed by atoms with Gasteiger partial charge in [0, 0.05) is 82.0 Å². The summed E-state index contributed by atoms with van der Waals surface area (Å²) in [5.74, 6) is -12.6. The van der Waals surface area contributed by atoms with Gasteiger partial charge in [-0.25, -0.2) is 8.78 Å². The normalized spacial score (nSPS) is 32.1. The fourth-order valence-corrected chi connectivity index (χ4v) is 17.0. The molecule has 7 aliphatic rings. The van der Waals surface area contributed by atoms with Crippen molar-refractivity contribution in [2.45, 2.75) is 268 Å². The van der Waals surface area contributed by atoms with Gasteiger partial charge >= 0.3 is 6.18 Å². The number of carbonyl (C=O) groups excluding carboxylic acids is 12. The molecule has 3 aliphatic heterocycles. The van der Waals surface area contributed by atoms with Crippen molar-refractivity contribution in [3.8, 4) is 0 Å². The average molecular weight is 1490 g/mol. The van der Waals surface area contributed by atoms with Gasteiger partial charge < -0.3 is 64.8 Å². The van der Waals surface area contributed by atoms with Crippen molar-refractivity contribution < 1.29 is 84.2 Å². The number of carbonyl (C=O) groups is 12. The molecule has 4 saturated carbocycles. The van der Waals surface area contributed by atoms with Crippen molar-refractivity contribution >= 4 is 70.9 Å². The standard InChI is InChI=1S/C75H119F5N12O13/c1-14-23-55-65(96)82-54(36-45(4)5)67(98)90(15-2)44-62(95)87(11)56-26-18-17-21-35-91(71(56)102)59(39-47-29-27-46(6)28-30-47)70(101)85(9)43-60(93)81-53(32-31-48-37-51(76)63(52(77)38-48)75(78,79)80)68(99)92-42-50(105-16-3)40-57(92)66(97)83-74(33-22-34-74)73(104)89(13)64(49-24-19-20-25-49)72(103)88(12)58(69(100)84(7)8)41-61(94)86(55)10/h17-18,45-59,63-64H,14-16,19-44H2,1-13H3,(H,81,93)(H,82,96)(H,83,97)/b18-17-/t46?,47?,48?,50-,51?,52?,53+,54+,55+,56+,57+,58+,59+,63?,64+/m1/s1. The molecule has 2 unspecified atom stereocenters. The molecule has 6 fully saturated rings. The number of fused-ring (bicyclic) bond motifs is 3. The van der Waals surface area contributed by atoms with E-state index in [-0.39, 0.29) is 95.9 Å². The highest BCUT2D eigenvalue weighted by atomic mass is 19.4. The maximum absolute atomic E-state index is 15.5. The van der Waals surface area contributed by atoms with Gasteiger partial charge in [0.15, 0.2) is 0 Å². The number of ether oxygens (including phenoxy) is 1. The quantitative estimate of drug-likeness (QED) is 0.134. The number of amides is 12. The first-order valence-corrected chi connectivity index (χ1v) is 38.4. The highest BCUT2D eigenvalue weighted by Crippen LogP contribution is 2.45. The summed E-state index contributed by atoms with van der Waals surface area (Å²) < 4.78 is 78.9. The van der Waals surface area contributed by atoms with Crippen molar-refractivity contribution in [3.05, 3.63) is 12.2 Å². The molecule has 7 rings (SSSR count). The van der Waals surface area contributed by atoms with Crippen LogP contribution in [0.4, 0.5) is 22.0 Å². The molecule has 0 aromatic heterocycles. The molecular weight excluding hydrogens is 1370 g/mol. The summed E-state index contributed by atoms with van der Waals surface area (Å²) in [7, 11) is 9.94. The second kappa shape index (κ2) is 37.7. The number of rotatable bonds is 14. The van der Waals surface area contributed by atoms with Gasteiger partial charge in [0.1, 0.15) is 72.1 Å². The van der Waals surface area contributed by atoms with Crippen LogP contribution >= 0.6 is 0 Å². The third-order valence-electron chi connectivity index (χ3n) is 23.4. The van der Waals surface area contributed by atoms with Gasteiger partial charge in [0.05, 0.1) is 25.6 Å². The van der Waals surface area contributed by atoms with Crippen molar-refractivity contribution in [1.82, 2.24) is 60.0 Å². The minimum Gasteiger partial charge on any atom is -0.377 e. The Morgan fingerprint density at radius 3 is 1.89 bits per heavy atom. The molecule has 1 spiro atoms. The van der Waals surface area contributed by atoms with E-state index in [4.69, 9.17) is 4.74 Å². The summed E-state index contributed by atoms with van der Waals surface area (Å²) in [6.07, 6.45) is -3.00. The minimum absolute atomic E-state index is 0.00916. The summed E-state index contributed by atoms with van der Waals surface area (Å²) in [5, 5.41) is 8.59. The highest BCUT2D eigenvalue weighted by molar-refractivity contribution is 6.01. The van der Waals surface area contributed by atoms with E-state index in [1.807, 2.05) is 26.8 Å². The molecule has 25 nitrogen and oxygen atoms in total. The van der Waals surface area contributed by atoms with Crippen LogP contribution in [0.25, 0.3) is 0 Å². The zero-order valence-electron chi connectivity index (χ0n) is 64.2. The smallest absolute Gasteiger partial charge is 0.377 e. The Labute approximate surface area is 616 Å². The number of nitrogens with one attached hydrogen (secondary N) is 3. The monoisotopic (exact) mass is 1490 g/mol. The molecule has 3 N–H and O–H groups in total. The van der Waals surface area contributed by atoms with E-state index in [1.165, 1.54) is 83.6 Å². The lowest BCUT2D eigenvalue weighted by Gasteiger charge is -2.46. The topological polar surface area (TPSA) is 279 Å². The van der Waals surface area contributed by atoms with Crippen LogP contribution in [0, 0.1) is 35.5 Å². The number of nitrogens with zero attached hydrogens (tertiary/aromatic N) is 9. The Kier molecular flexibility index (Phi) is 30.6. The van der Waals surface area contributed by atoms with Gasteiger partial charge in [0.2, 0.25) is 70.9 Å². The number of likely N-dealkylation sites (N-methyl/N-ethyl adjacent to an activating group) is 7. The molecular formula is C75H119F5N12O13. The lowest BCUT2D eigenvalue weighted by atomic mass is 9.74. The van der Waals surface area contributed by atoms with Crippen LogP contribution in [0.2, 0.25) is 0 Å². The van der Waals surface area contributed by atoms with E-state index in [0.29, 0.717) is 50.9 Å². The summed E-state index contributed by atoms with van der Waals surface area (Å²) in [5.41, 5.74) is -1.64. The van der Waals surface area contributed by atoms with Crippen LogP contribution in [-0.4, -0.2) is 282 Å². The molecule has 105 heavy (non-hydrogen) atoms. The van der Waals surface area contributed by atoms with E-state index in [0.717, 1.165) is 35.5 Å². The number of halogens is 5. The number of alkyl halides is 5. The first kappa shape index (κ1) is 85.2. The maximum Gasteiger partial charge on any atom is 0.397 e. The Balaban J connectivity index is 1.32. The van der Waals surface area contributed by atoms with Crippen LogP contribution in [0.5, 0.6) is 0 Å². The Morgan fingerprint density at radius 1 is 0.667 bits per heavy atom. The summed E-state index contributed by atoms with van der Waals surface area (Å²) >= 11 is 0. The molecule has 30 heteroatoms. The lowest BCUT2D eigenvalue weighted by Crippen LogP contribution is -2.68. The summed E-state index contributed by atoms with van der Waals surface area (Å²) in [6, 6.07) is -10.5. The second-order valence-corrected chi connectivity index (χ2v) is 31.7. The molecule has 592 valence electrons. The molecule has 0 radical (unpaired) electrons. The maximum atomic E-state index is 15.5. The van der Waals surface area contributed by atoms with E-state index in [9.17, 15) is 41.9 Å². The van der Waals surface area contributed by atoms with Gasteiger partial charge in [-0.05, 0) is 133 Å². The predicted molar refractivity (Wildman–Crippen MR) is 381 cm³/mol. The lowest BCUT2D eigenvalue weighted by molar-refractivity contribution is -0.219. The molecule has 12 amide bonds. The zero-order chi connectivity index (χ0) is 77.7. The van der Waals surface area contributed by atoms with Gasteiger partial charge in [-0.1, -0.05) is 84.8 Å². The highest BCUT2D eigenvalue weighted by Gasteiger charge is 2.56. The summed E-state index contributed by atoms with van der Waals surface area (Å²) in [4.78, 5) is 192. The number of hydrogen-bond donors (Lipinski definition) is 3. The van der Waals surface area contributed by atoms with Gasteiger partial charge in [-0.15, -0.1) is 0 Å². The predicted octanol–water partition coefficient (Wildman–Crippen LogP) is 5.95. The van der Waals surface area contributed by atoms with E-state index in [1.54, 1.807) is 19.9 Å². The largest absolute Gasteiger partial charge is 0.397 e. The van der Waals surface area contributed by atoms with Gasteiger partial charge in [0.25, 0.3) is 0 Å². The first-order chi connectivity index (χ1) is 49.5. The molecule has 11 atom stereocenters. The fraction of sp³-hybridized carbons (Fsp3) is 0.813. The third-order valence-corrected chi connectivity index (χ3v) is 23.4. The average Bonchev–Trinajstić information content (AvgIpc) is 1.70. The molecule has 2 bridgehead atoms. The van der Waals surface area contributed by atoms with Gasteiger partial charge in [-0.2, -0.15) is 13.2 Å². The number of hydrogen-bond acceptors (Lipinski definition) is 13. The van der Waals surface area contributed by atoms with E-state index < -0.39 is 199 Å². The minimum atomic E-state index is -5.17. The van der Waals surface area contributed by atoms with Crippen molar-refractivity contribution in [2.24, 2.45) is 35.5 Å². The molecule has 0 aromatic carbocycles. The van der Waals surface area contributed by atoms with Crippen LogP contribution < -0.4 is 16.0 Å². The van der Waals surface area contributed by atoms with Crippen LogP contribution in [0.3, 0.4) is 0 Å². The van der Waals surface area contributed by atoms with Gasteiger partial charge in [-0.3, -0.25) is 57.5 Å². The van der Waals surface area contributed by atoms with E-state index in [2.05, 4.69) is 22.9 Å². The zero-order valence-corrected chi connectivity index (χ0v) is 64.2. The molecule has 3 heterocycles. The van der Waals surface area contributed by atoms with Crippen LogP contribution in [0.1, 0.15) is 189 Å². The fourth-order valence-electron chi connectivity index (χ4n) is 17.0. The molecule has 4 aliphatic carbocycles.